The van der Waals surface area contributed by atoms with Gasteiger partial charge < -0.3 is 19.3 Å². The Hall–Kier alpha value is -1.71. The number of ether oxygens (including phenoxy) is 2. The predicted octanol–water partition coefficient (Wildman–Crippen LogP) is 2.61. The molecule has 7 nitrogen and oxygen atoms in total. The molecule has 0 radical (unpaired) electrons. The van der Waals surface area contributed by atoms with Gasteiger partial charge in [-0.15, -0.1) is 11.3 Å². The zero-order valence-corrected chi connectivity index (χ0v) is 19.4. The highest BCUT2D eigenvalue weighted by atomic mass is 35.5. The number of amides is 1. The Kier molecular flexibility index (Phi) is 7.45. The zero-order chi connectivity index (χ0) is 21.7. The highest BCUT2D eigenvalue weighted by Crippen LogP contribution is 2.27. The minimum atomic E-state index is -0.699. The van der Waals surface area contributed by atoms with Crippen LogP contribution in [0.3, 0.4) is 0 Å². The highest BCUT2D eigenvalue weighted by Gasteiger charge is 2.41. The van der Waals surface area contributed by atoms with Crippen molar-refractivity contribution in [1.82, 2.24) is 19.7 Å². The number of nitrogens with zero attached hydrogens (tertiary/aromatic N) is 4. The molecule has 0 bridgehead atoms. The first-order valence-electron chi connectivity index (χ1n) is 10.6. The number of halogens is 1. The van der Waals surface area contributed by atoms with Gasteiger partial charge in [-0.05, 0) is 31.3 Å². The summed E-state index contributed by atoms with van der Waals surface area (Å²) in [6.45, 7) is 6.37. The Labute approximate surface area is 192 Å². The number of morpholine rings is 1. The second kappa shape index (κ2) is 10.3. The lowest BCUT2D eigenvalue weighted by atomic mass is 9.96. The molecule has 2 aliphatic rings. The molecule has 2 aromatic rings. The van der Waals surface area contributed by atoms with Crippen LogP contribution in [0.4, 0.5) is 0 Å². The lowest BCUT2D eigenvalue weighted by Gasteiger charge is -2.43. The van der Waals surface area contributed by atoms with Gasteiger partial charge in [0.15, 0.2) is 0 Å². The molecule has 4 rings (SSSR count). The number of thiazole rings is 1. The van der Waals surface area contributed by atoms with Crippen molar-refractivity contribution in [2.75, 3.05) is 59.5 Å². The van der Waals surface area contributed by atoms with Crippen molar-refractivity contribution in [2.24, 2.45) is 0 Å². The lowest BCUT2D eigenvalue weighted by molar-refractivity contribution is -0.157. The van der Waals surface area contributed by atoms with Crippen LogP contribution in [-0.4, -0.2) is 90.7 Å². The van der Waals surface area contributed by atoms with Crippen molar-refractivity contribution in [2.45, 2.75) is 18.6 Å². The van der Waals surface area contributed by atoms with E-state index >= 15 is 0 Å². The van der Waals surface area contributed by atoms with Crippen molar-refractivity contribution in [3.63, 3.8) is 0 Å². The Bertz CT molecular complexity index is 843. The summed E-state index contributed by atoms with van der Waals surface area (Å²) in [4.78, 5) is 24.1. The Morgan fingerprint density at radius 2 is 2.00 bits per heavy atom. The van der Waals surface area contributed by atoms with Crippen LogP contribution < -0.4 is 4.74 Å². The largest absolute Gasteiger partial charge is 0.491 e. The SMILES string of the molecule is CN1CCN(C(=O)CC2(COc3ccc(Cl)cc3)CN(Cc3nccs3)CCO2)CC1. The molecular formula is C22H29ClN4O3S. The van der Waals surface area contributed by atoms with E-state index in [1.807, 2.05) is 28.6 Å². The molecule has 1 unspecified atom stereocenters. The quantitative estimate of drug-likeness (QED) is 0.627. The van der Waals surface area contributed by atoms with Gasteiger partial charge in [0.1, 0.15) is 23.0 Å². The van der Waals surface area contributed by atoms with Crippen molar-refractivity contribution in [3.8, 4) is 5.75 Å². The van der Waals surface area contributed by atoms with E-state index in [-0.39, 0.29) is 5.91 Å². The summed E-state index contributed by atoms with van der Waals surface area (Å²) >= 11 is 7.64. The maximum atomic E-state index is 13.2. The first-order valence-corrected chi connectivity index (χ1v) is 11.9. The van der Waals surface area contributed by atoms with E-state index in [1.165, 1.54) is 0 Å². The van der Waals surface area contributed by atoms with Crippen molar-refractivity contribution >= 4 is 28.8 Å². The molecule has 2 aliphatic heterocycles. The van der Waals surface area contributed by atoms with E-state index in [9.17, 15) is 4.79 Å². The normalized spacial score (nSPS) is 23.1. The molecule has 3 heterocycles. The molecule has 1 aromatic heterocycles. The summed E-state index contributed by atoms with van der Waals surface area (Å²) in [6.07, 6.45) is 2.13. The van der Waals surface area contributed by atoms with Crippen LogP contribution in [0.15, 0.2) is 35.8 Å². The molecule has 1 aromatic carbocycles. The minimum absolute atomic E-state index is 0.129. The van der Waals surface area contributed by atoms with Gasteiger partial charge in [-0.25, -0.2) is 4.98 Å². The molecule has 0 saturated carbocycles. The third kappa shape index (κ3) is 6.17. The molecular weight excluding hydrogens is 436 g/mol. The number of hydrogen-bond acceptors (Lipinski definition) is 7. The van der Waals surface area contributed by atoms with Gasteiger partial charge in [0.2, 0.25) is 5.91 Å². The molecule has 0 N–H and O–H groups in total. The number of carbonyl (C=O) groups is 1. The number of hydrogen-bond donors (Lipinski definition) is 0. The third-order valence-electron chi connectivity index (χ3n) is 5.81. The summed E-state index contributed by atoms with van der Waals surface area (Å²) in [5.41, 5.74) is -0.699. The van der Waals surface area contributed by atoms with E-state index < -0.39 is 5.60 Å². The van der Waals surface area contributed by atoms with Crippen LogP contribution in [0.2, 0.25) is 5.02 Å². The smallest absolute Gasteiger partial charge is 0.225 e. The van der Waals surface area contributed by atoms with Gasteiger partial charge in [0.05, 0.1) is 19.6 Å². The van der Waals surface area contributed by atoms with E-state index in [2.05, 4.69) is 21.8 Å². The first kappa shape index (κ1) is 22.5. The van der Waals surface area contributed by atoms with Crippen LogP contribution in [0.25, 0.3) is 0 Å². The van der Waals surface area contributed by atoms with Gasteiger partial charge in [-0.1, -0.05) is 11.6 Å². The fraction of sp³-hybridized carbons (Fsp3) is 0.545. The maximum absolute atomic E-state index is 13.2. The van der Waals surface area contributed by atoms with E-state index in [0.29, 0.717) is 31.2 Å². The van der Waals surface area contributed by atoms with Gasteiger partial charge in [-0.2, -0.15) is 0 Å². The van der Waals surface area contributed by atoms with E-state index in [4.69, 9.17) is 21.1 Å². The molecule has 9 heteroatoms. The van der Waals surface area contributed by atoms with Crippen molar-refractivity contribution in [3.05, 3.63) is 45.9 Å². The highest BCUT2D eigenvalue weighted by molar-refractivity contribution is 7.09. The molecule has 31 heavy (non-hydrogen) atoms. The number of carbonyl (C=O) groups excluding carboxylic acids is 1. The average Bonchev–Trinajstić information content (AvgIpc) is 3.27. The fourth-order valence-corrected chi connectivity index (χ4v) is 4.80. The Morgan fingerprint density at radius 3 is 2.71 bits per heavy atom. The van der Waals surface area contributed by atoms with Crippen LogP contribution >= 0.6 is 22.9 Å². The fourth-order valence-electron chi connectivity index (χ4n) is 4.01. The Balaban J connectivity index is 1.46. The van der Waals surface area contributed by atoms with Crippen LogP contribution in [-0.2, 0) is 16.1 Å². The molecule has 1 amide bonds. The summed E-state index contributed by atoms with van der Waals surface area (Å²) < 4.78 is 12.4. The van der Waals surface area contributed by atoms with Gasteiger partial charge in [-0.3, -0.25) is 9.69 Å². The van der Waals surface area contributed by atoms with E-state index in [1.54, 1.807) is 23.5 Å². The average molecular weight is 465 g/mol. The standard InChI is InChI=1S/C22H29ClN4O3S/c1-25-7-9-27(10-8-25)21(28)14-22(17-29-19-4-2-18(23)3-5-19)16-26(11-12-30-22)15-20-24-6-13-31-20/h2-6,13H,7-12,14-17H2,1H3. The lowest BCUT2D eigenvalue weighted by Crippen LogP contribution is -2.58. The minimum Gasteiger partial charge on any atom is -0.491 e. The topological polar surface area (TPSA) is 58.1 Å². The molecule has 0 spiro atoms. The molecule has 168 valence electrons. The maximum Gasteiger partial charge on any atom is 0.225 e. The van der Waals surface area contributed by atoms with Crippen LogP contribution in [0.5, 0.6) is 5.75 Å². The van der Waals surface area contributed by atoms with Gasteiger partial charge in [0.25, 0.3) is 0 Å². The number of benzene rings is 1. The third-order valence-corrected chi connectivity index (χ3v) is 6.83. The molecule has 2 saturated heterocycles. The number of rotatable bonds is 7. The number of piperazine rings is 1. The second-order valence-corrected chi connectivity index (χ2v) is 9.69. The van der Waals surface area contributed by atoms with Crippen LogP contribution in [0, 0.1) is 0 Å². The molecule has 0 aliphatic carbocycles. The summed E-state index contributed by atoms with van der Waals surface area (Å²) in [7, 11) is 2.09. The molecule has 2 fully saturated rings. The summed E-state index contributed by atoms with van der Waals surface area (Å²) in [5, 5.41) is 3.72. The van der Waals surface area contributed by atoms with Crippen molar-refractivity contribution < 1.29 is 14.3 Å². The monoisotopic (exact) mass is 464 g/mol. The summed E-state index contributed by atoms with van der Waals surface area (Å²) in [6, 6.07) is 7.29. The first-order chi connectivity index (χ1) is 15.0. The van der Waals surface area contributed by atoms with E-state index in [0.717, 1.165) is 50.0 Å². The van der Waals surface area contributed by atoms with Gasteiger partial charge >= 0.3 is 0 Å². The second-order valence-electron chi connectivity index (χ2n) is 8.27. The van der Waals surface area contributed by atoms with Crippen LogP contribution in [0.1, 0.15) is 11.4 Å². The predicted molar refractivity (Wildman–Crippen MR) is 122 cm³/mol. The molecule has 1 atom stereocenters. The van der Waals surface area contributed by atoms with Crippen molar-refractivity contribution in [1.29, 1.82) is 0 Å². The Morgan fingerprint density at radius 1 is 1.23 bits per heavy atom. The zero-order valence-electron chi connectivity index (χ0n) is 17.8. The summed E-state index contributed by atoms with van der Waals surface area (Å²) in [5.74, 6) is 0.848. The number of likely N-dealkylation sites (N-methyl/N-ethyl adjacent to an activating group) is 1. The number of aromatic nitrogens is 1. The van der Waals surface area contributed by atoms with Gasteiger partial charge in [0, 0.05) is 55.9 Å².